The van der Waals surface area contributed by atoms with Crippen LogP contribution in [0.3, 0.4) is 0 Å². The first-order valence-electron chi connectivity index (χ1n) is 3.49. The Morgan fingerprint density at radius 1 is 1.69 bits per heavy atom. The molecule has 0 radical (unpaired) electrons. The number of anilines is 1. The van der Waals surface area contributed by atoms with Gasteiger partial charge in [-0.15, -0.1) is 0 Å². The molecule has 0 aromatic carbocycles. The summed E-state index contributed by atoms with van der Waals surface area (Å²) in [6.07, 6.45) is 1.22. The summed E-state index contributed by atoms with van der Waals surface area (Å²) in [5.41, 5.74) is 0. The summed E-state index contributed by atoms with van der Waals surface area (Å²) in [6, 6.07) is 0. The van der Waals surface area contributed by atoms with Crippen molar-refractivity contribution >= 4 is 16.0 Å². The molecule has 0 spiro atoms. The minimum absolute atomic E-state index is 0.107. The standard InChI is InChI=1S/C5H10N4O3S/c1-12-2-3-13(10,11)9-5-6-4-7-8-5/h4H,2-3H2,1H3,(H2,6,7,8,9). The average molecular weight is 206 g/mol. The molecule has 0 saturated heterocycles. The van der Waals surface area contributed by atoms with Gasteiger partial charge in [-0.3, -0.25) is 4.72 Å². The Morgan fingerprint density at radius 2 is 2.46 bits per heavy atom. The van der Waals surface area contributed by atoms with Gasteiger partial charge in [0, 0.05) is 7.11 Å². The third-order valence-corrected chi connectivity index (χ3v) is 2.43. The van der Waals surface area contributed by atoms with Gasteiger partial charge in [0.2, 0.25) is 16.0 Å². The minimum atomic E-state index is -3.38. The molecule has 7 nitrogen and oxygen atoms in total. The van der Waals surface area contributed by atoms with Crippen molar-refractivity contribution in [3.8, 4) is 0 Å². The maximum absolute atomic E-state index is 11.2. The number of rotatable bonds is 5. The number of hydrogen-bond acceptors (Lipinski definition) is 5. The van der Waals surface area contributed by atoms with Crippen molar-refractivity contribution in [2.45, 2.75) is 0 Å². The second kappa shape index (κ2) is 4.19. The SMILES string of the molecule is COCCS(=O)(=O)Nc1ncn[nH]1. The number of nitrogens with zero attached hydrogens (tertiary/aromatic N) is 2. The maximum Gasteiger partial charge on any atom is 0.237 e. The third kappa shape index (κ3) is 3.38. The first-order chi connectivity index (χ1) is 6.14. The first kappa shape index (κ1) is 9.93. The molecule has 13 heavy (non-hydrogen) atoms. The first-order valence-corrected chi connectivity index (χ1v) is 5.14. The van der Waals surface area contributed by atoms with Crippen LogP contribution in [-0.2, 0) is 14.8 Å². The maximum atomic E-state index is 11.2. The van der Waals surface area contributed by atoms with Crippen molar-refractivity contribution in [3.63, 3.8) is 0 Å². The molecule has 74 valence electrons. The Hall–Kier alpha value is -1.15. The zero-order valence-electron chi connectivity index (χ0n) is 7.02. The second-order valence-corrected chi connectivity index (χ2v) is 4.09. The number of nitrogens with one attached hydrogen (secondary N) is 2. The van der Waals surface area contributed by atoms with Gasteiger partial charge < -0.3 is 4.74 Å². The van der Waals surface area contributed by atoms with E-state index < -0.39 is 10.0 Å². The molecule has 1 aromatic heterocycles. The van der Waals surface area contributed by atoms with E-state index in [1.165, 1.54) is 13.4 Å². The van der Waals surface area contributed by atoms with Crippen LogP contribution in [-0.4, -0.2) is 43.1 Å². The number of ether oxygens (including phenoxy) is 1. The van der Waals surface area contributed by atoms with Crippen LogP contribution in [0.15, 0.2) is 6.33 Å². The molecule has 1 rings (SSSR count). The number of sulfonamides is 1. The molecular weight excluding hydrogens is 196 g/mol. The lowest BCUT2D eigenvalue weighted by molar-refractivity contribution is 0.217. The summed E-state index contributed by atoms with van der Waals surface area (Å²) < 4.78 is 29.2. The van der Waals surface area contributed by atoms with Gasteiger partial charge in [0.05, 0.1) is 12.4 Å². The van der Waals surface area contributed by atoms with E-state index in [0.29, 0.717) is 0 Å². The van der Waals surface area contributed by atoms with E-state index in [2.05, 4.69) is 24.6 Å². The van der Waals surface area contributed by atoms with Crippen molar-refractivity contribution in [3.05, 3.63) is 6.33 Å². The van der Waals surface area contributed by atoms with Gasteiger partial charge in [-0.05, 0) is 0 Å². The lowest BCUT2D eigenvalue weighted by Gasteiger charge is -2.02. The molecule has 0 saturated carbocycles. The Morgan fingerprint density at radius 3 is 3.00 bits per heavy atom. The lowest BCUT2D eigenvalue weighted by atomic mass is 10.9. The molecule has 8 heteroatoms. The van der Waals surface area contributed by atoms with Crippen molar-refractivity contribution < 1.29 is 13.2 Å². The van der Waals surface area contributed by atoms with Crippen molar-refractivity contribution in [1.82, 2.24) is 15.2 Å². The fourth-order valence-electron chi connectivity index (χ4n) is 0.646. The Labute approximate surface area is 75.6 Å². The average Bonchev–Trinajstić information content (AvgIpc) is 2.52. The Kier molecular flexibility index (Phi) is 3.20. The topological polar surface area (TPSA) is 97.0 Å². The molecule has 0 aliphatic heterocycles. The number of aromatic amines is 1. The highest BCUT2D eigenvalue weighted by Crippen LogP contribution is 1.98. The molecular formula is C5H10N4O3S. The van der Waals surface area contributed by atoms with Crippen molar-refractivity contribution in [2.75, 3.05) is 24.2 Å². The van der Waals surface area contributed by atoms with Crippen LogP contribution in [0.4, 0.5) is 5.95 Å². The lowest BCUT2D eigenvalue weighted by Crippen LogP contribution is -2.20. The fraction of sp³-hybridized carbons (Fsp3) is 0.600. The van der Waals surface area contributed by atoms with E-state index in [1.807, 2.05) is 0 Å². The number of aromatic nitrogens is 3. The van der Waals surface area contributed by atoms with Gasteiger partial charge in [0.25, 0.3) is 0 Å². The fourth-order valence-corrected chi connectivity index (χ4v) is 1.53. The van der Waals surface area contributed by atoms with Crippen LogP contribution in [0.5, 0.6) is 0 Å². The molecule has 0 fully saturated rings. The van der Waals surface area contributed by atoms with E-state index >= 15 is 0 Å². The summed E-state index contributed by atoms with van der Waals surface area (Å²) in [5.74, 6) is 0.000558. The highest BCUT2D eigenvalue weighted by atomic mass is 32.2. The summed E-state index contributed by atoms with van der Waals surface area (Å²) >= 11 is 0. The monoisotopic (exact) mass is 206 g/mol. The molecule has 0 unspecified atom stereocenters. The predicted octanol–water partition coefficient (Wildman–Crippen LogP) is -0.807. The van der Waals surface area contributed by atoms with Gasteiger partial charge in [-0.25, -0.2) is 13.5 Å². The summed E-state index contributed by atoms with van der Waals surface area (Å²) in [6.45, 7) is 0.142. The smallest absolute Gasteiger partial charge is 0.237 e. The van der Waals surface area contributed by atoms with Crippen LogP contribution in [0.1, 0.15) is 0 Å². The molecule has 0 atom stereocenters. The van der Waals surface area contributed by atoms with Crippen LogP contribution in [0, 0.1) is 0 Å². The molecule has 0 aliphatic carbocycles. The molecule has 1 aromatic rings. The number of hydrogen-bond donors (Lipinski definition) is 2. The van der Waals surface area contributed by atoms with Crippen LogP contribution >= 0.6 is 0 Å². The van der Waals surface area contributed by atoms with Gasteiger partial charge in [0.1, 0.15) is 6.33 Å². The zero-order valence-corrected chi connectivity index (χ0v) is 7.84. The molecule has 1 heterocycles. The van der Waals surface area contributed by atoms with E-state index in [1.54, 1.807) is 0 Å². The second-order valence-electron chi connectivity index (χ2n) is 2.25. The zero-order chi connectivity index (χ0) is 9.73. The number of methoxy groups -OCH3 is 1. The Balaban J connectivity index is 2.53. The molecule has 2 N–H and O–H groups in total. The third-order valence-electron chi connectivity index (χ3n) is 1.22. The van der Waals surface area contributed by atoms with E-state index in [-0.39, 0.29) is 18.3 Å². The summed E-state index contributed by atoms with van der Waals surface area (Å²) in [7, 11) is -1.94. The van der Waals surface area contributed by atoms with Gasteiger partial charge >= 0.3 is 0 Å². The summed E-state index contributed by atoms with van der Waals surface area (Å²) in [4.78, 5) is 3.61. The largest absolute Gasteiger partial charge is 0.384 e. The van der Waals surface area contributed by atoms with Gasteiger partial charge in [0.15, 0.2) is 0 Å². The summed E-state index contributed by atoms with van der Waals surface area (Å²) in [5, 5.41) is 5.87. The van der Waals surface area contributed by atoms with Crippen molar-refractivity contribution in [2.24, 2.45) is 0 Å². The molecule has 0 aliphatic rings. The van der Waals surface area contributed by atoms with E-state index in [9.17, 15) is 8.42 Å². The molecule has 0 bridgehead atoms. The van der Waals surface area contributed by atoms with Crippen LogP contribution in [0.2, 0.25) is 0 Å². The van der Waals surface area contributed by atoms with Gasteiger partial charge in [-0.1, -0.05) is 0 Å². The highest BCUT2D eigenvalue weighted by molar-refractivity contribution is 7.92. The van der Waals surface area contributed by atoms with Crippen molar-refractivity contribution in [1.29, 1.82) is 0 Å². The van der Waals surface area contributed by atoms with Crippen LogP contribution in [0.25, 0.3) is 0 Å². The highest BCUT2D eigenvalue weighted by Gasteiger charge is 2.10. The minimum Gasteiger partial charge on any atom is -0.384 e. The quantitative estimate of drug-likeness (QED) is 0.657. The van der Waals surface area contributed by atoms with E-state index in [0.717, 1.165) is 0 Å². The predicted molar refractivity (Wildman–Crippen MR) is 45.7 cm³/mol. The Bertz CT molecular complexity index is 333. The molecule has 0 amide bonds. The normalized spacial score (nSPS) is 11.5. The van der Waals surface area contributed by atoms with Crippen LogP contribution < -0.4 is 4.72 Å². The van der Waals surface area contributed by atoms with Gasteiger partial charge in [-0.2, -0.15) is 10.1 Å². The van der Waals surface area contributed by atoms with E-state index in [4.69, 9.17) is 0 Å². The number of H-pyrrole nitrogens is 1.